The molecule has 0 radical (unpaired) electrons. The molecule has 1 aromatic carbocycles. The average Bonchev–Trinajstić information content (AvgIpc) is 3.18. The summed E-state index contributed by atoms with van der Waals surface area (Å²) in [5.74, 6) is 1.05. The van der Waals surface area contributed by atoms with Gasteiger partial charge in [-0.15, -0.1) is 0 Å². The Bertz CT molecular complexity index is 502. The Morgan fingerprint density at radius 1 is 1.35 bits per heavy atom. The number of hydrazine groups is 1. The fraction of sp³-hybridized carbons (Fsp3) is 0.533. The van der Waals surface area contributed by atoms with Gasteiger partial charge in [0.05, 0.1) is 0 Å². The molecule has 0 spiro atoms. The highest BCUT2D eigenvalue weighted by molar-refractivity contribution is 5.82. The first-order chi connectivity index (χ1) is 9.65. The molecule has 2 atom stereocenters. The number of nitrogens with one attached hydrogen (secondary N) is 2. The molecule has 5 heteroatoms. The third-order valence-electron chi connectivity index (χ3n) is 4.20. The van der Waals surface area contributed by atoms with E-state index in [0.29, 0.717) is 12.6 Å². The molecule has 1 aliphatic heterocycles. The molecule has 1 aromatic rings. The van der Waals surface area contributed by atoms with Crippen molar-refractivity contribution in [2.45, 2.75) is 37.9 Å². The summed E-state index contributed by atoms with van der Waals surface area (Å²) in [5.41, 5.74) is 7.11. The highest BCUT2D eigenvalue weighted by Gasteiger charge is 2.39. The predicted molar refractivity (Wildman–Crippen MR) is 75.8 cm³/mol. The molecule has 1 aliphatic carbocycles. The Hall–Kier alpha value is -1.59. The molecule has 3 N–H and O–H groups in total. The number of phenols is 1. The van der Waals surface area contributed by atoms with Crippen LogP contribution in [0.4, 0.5) is 0 Å². The SMILES string of the molecule is CN(Cc1ccccc1O)C(=O)C1CC(C2CC2)NN1. The first kappa shape index (κ1) is 13.4. The number of phenolic OH excluding ortho intramolecular Hbond substituents is 1. The number of aromatic hydroxyl groups is 1. The van der Waals surface area contributed by atoms with Gasteiger partial charge in [0.15, 0.2) is 0 Å². The molecule has 0 aromatic heterocycles. The highest BCUT2D eigenvalue weighted by atomic mass is 16.3. The molecule has 5 nitrogen and oxygen atoms in total. The second-order valence-corrected chi connectivity index (χ2v) is 5.84. The van der Waals surface area contributed by atoms with Crippen molar-refractivity contribution < 1.29 is 9.90 Å². The van der Waals surface area contributed by atoms with E-state index in [4.69, 9.17) is 0 Å². The Morgan fingerprint density at radius 3 is 2.80 bits per heavy atom. The quantitative estimate of drug-likeness (QED) is 0.767. The minimum Gasteiger partial charge on any atom is -0.508 e. The van der Waals surface area contributed by atoms with Crippen LogP contribution in [0.15, 0.2) is 24.3 Å². The van der Waals surface area contributed by atoms with Crippen LogP contribution in [0.25, 0.3) is 0 Å². The maximum absolute atomic E-state index is 12.4. The van der Waals surface area contributed by atoms with Gasteiger partial charge in [-0.2, -0.15) is 0 Å². The van der Waals surface area contributed by atoms with E-state index in [2.05, 4.69) is 10.9 Å². The van der Waals surface area contributed by atoms with Crippen molar-refractivity contribution >= 4 is 5.91 Å². The molecule has 1 saturated carbocycles. The lowest BCUT2D eigenvalue weighted by atomic mass is 10.1. The second-order valence-electron chi connectivity index (χ2n) is 5.84. The third kappa shape index (κ3) is 2.78. The summed E-state index contributed by atoms with van der Waals surface area (Å²) in [7, 11) is 1.78. The number of amides is 1. The number of likely N-dealkylation sites (N-methyl/N-ethyl adjacent to an activating group) is 1. The molecule has 3 rings (SSSR count). The van der Waals surface area contributed by atoms with E-state index in [0.717, 1.165) is 17.9 Å². The minimum atomic E-state index is -0.156. The summed E-state index contributed by atoms with van der Waals surface area (Å²) in [6.45, 7) is 0.428. The zero-order valence-electron chi connectivity index (χ0n) is 11.7. The number of rotatable bonds is 4. The van der Waals surface area contributed by atoms with Gasteiger partial charge in [0.2, 0.25) is 5.91 Å². The van der Waals surface area contributed by atoms with Gasteiger partial charge in [-0.25, -0.2) is 5.43 Å². The topological polar surface area (TPSA) is 64.6 Å². The van der Waals surface area contributed by atoms with Gasteiger partial charge in [0, 0.05) is 25.2 Å². The summed E-state index contributed by atoms with van der Waals surface area (Å²) in [4.78, 5) is 14.1. The molecule has 2 fully saturated rings. The molecule has 2 unspecified atom stereocenters. The van der Waals surface area contributed by atoms with Crippen LogP contribution in [0.2, 0.25) is 0 Å². The molecule has 1 saturated heterocycles. The van der Waals surface area contributed by atoms with E-state index in [-0.39, 0.29) is 17.7 Å². The summed E-state index contributed by atoms with van der Waals surface area (Å²) < 4.78 is 0. The van der Waals surface area contributed by atoms with Crippen molar-refractivity contribution in [3.05, 3.63) is 29.8 Å². The lowest BCUT2D eigenvalue weighted by Gasteiger charge is -2.21. The molecule has 0 bridgehead atoms. The van der Waals surface area contributed by atoms with Crippen LogP contribution in [0.3, 0.4) is 0 Å². The smallest absolute Gasteiger partial charge is 0.241 e. The molecule has 1 amide bonds. The number of carbonyl (C=O) groups is 1. The van der Waals surface area contributed by atoms with Crippen LogP contribution < -0.4 is 10.9 Å². The zero-order chi connectivity index (χ0) is 14.1. The van der Waals surface area contributed by atoms with Gasteiger partial charge in [0.1, 0.15) is 11.8 Å². The van der Waals surface area contributed by atoms with Gasteiger partial charge < -0.3 is 10.0 Å². The normalized spacial score (nSPS) is 25.6. The van der Waals surface area contributed by atoms with Crippen LogP contribution in [0.1, 0.15) is 24.8 Å². The first-order valence-corrected chi connectivity index (χ1v) is 7.18. The Balaban J connectivity index is 1.58. The first-order valence-electron chi connectivity index (χ1n) is 7.18. The molecular formula is C15H21N3O2. The van der Waals surface area contributed by atoms with E-state index < -0.39 is 0 Å². The van der Waals surface area contributed by atoms with E-state index in [1.54, 1.807) is 24.1 Å². The fourth-order valence-corrected chi connectivity index (χ4v) is 2.79. The van der Waals surface area contributed by atoms with Gasteiger partial charge >= 0.3 is 0 Å². The minimum absolute atomic E-state index is 0.0731. The predicted octanol–water partition coefficient (Wildman–Crippen LogP) is 0.996. The van der Waals surface area contributed by atoms with Crippen LogP contribution in [0, 0.1) is 5.92 Å². The Morgan fingerprint density at radius 2 is 2.10 bits per heavy atom. The zero-order valence-corrected chi connectivity index (χ0v) is 11.7. The van der Waals surface area contributed by atoms with Crippen LogP contribution in [0.5, 0.6) is 5.75 Å². The monoisotopic (exact) mass is 275 g/mol. The van der Waals surface area contributed by atoms with Crippen molar-refractivity contribution in [2.24, 2.45) is 5.92 Å². The third-order valence-corrected chi connectivity index (χ3v) is 4.20. The van der Waals surface area contributed by atoms with E-state index >= 15 is 0 Å². The number of hydrogen-bond donors (Lipinski definition) is 3. The molecule has 2 aliphatic rings. The van der Waals surface area contributed by atoms with Gasteiger partial charge in [-0.1, -0.05) is 18.2 Å². The van der Waals surface area contributed by atoms with Crippen molar-refractivity contribution in [3.8, 4) is 5.75 Å². The number of carbonyl (C=O) groups excluding carboxylic acids is 1. The van der Waals surface area contributed by atoms with Gasteiger partial charge in [-0.3, -0.25) is 10.2 Å². The van der Waals surface area contributed by atoms with E-state index in [1.165, 1.54) is 12.8 Å². The maximum Gasteiger partial charge on any atom is 0.241 e. The molecule has 1 heterocycles. The molecule has 108 valence electrons. The van der Waals surface area contributed by atoms with Gasteiger partial charge in [-0.05, 0) is 31.2 Å². The summed E-state index contributed by atoms with van der Waals surface area (Å²) in [6.07, 6.45) is 3.40. The highest BCUT2D eigenvalue weighted by Crippen LogP contribution is 2.35. The van der Waals surface area contributed by atoms with Crippen LogP contribution in [-0.2, 0) is 11.3 Å². The van der Waals surface area contributed by atoms with E-state index in [9.17, 15) is 9.90 Å². The summed E-state index contributed by atoms with van der Waals surface area (Å²) in [6, 6.07) is 7.41. The maximum atomic E-state index is 12.4. The Labute approximate surface area is 118 Å². The lowest BCUT2D eigenvalue weighted by molar-refractivity contribution is -0.132. The second kappa shape index (κ2) is 5.42. The number of hydrogen-bond acceptors (Lipinski definition) is 4. The van der Waals surface area contributed by atoms with Crippen molar-refractivity contribution in [3.63, 3.8) is 0 Å². The standard InChI is InChI=1S/C15H21N3O2/c1-18(9-11-4-2-3-5-14(11)19)15(20)13-8-12(16-17-13)10-6-7-10/h2-5,10,12-13,16-17,19H,6-9H2,1H3. The van der Waals surface area contributed by atoms with Gasteiger partial charge in [0.25, 0.3) is 0 Å². The molecular weight excluding hydrogens is 254 g/mol. The van der Waals surface area contributed by atoms with Crippen LogP contribution in [-0.4, -0.2) is 35.0 Å². The average molecular weight is 275 g/mol. The summed E-state index contributed by atoms with van der Waals surface area (Å²) >= 11 is 0. The van der Waals surface area contributed by atoms with Crippen LogP contribution >= 0.6 is 0 Å². The van der Waals surface area contributed by atoms with E-state index in [1.807, 2.05) is 12.1 Å². The van der Waals surface area contributed by atoms with Crippen molar-refractivity contribution in [1.29, 1.82) is 0 Å². The van der Waals surface area contributed by atoms with Crippen molar-refractivity contribution in [1.82, 2.24) is 15.8 Å². The summed E-state index contributed by atoms with van der Waals surface area (Å²) in [5, 5.41) is 9.76. The fourth-order valence-electron chi connectivity index (χ4n) is 2.79. The lowest BCUT2D eigenvalue weighted by Crippen LogP contribution is -2.44. The molecule has 20 heavy (non-hydrogen) atoms. The largest absolute Gasteiger partial charge is 0.508 e. The number of para-hydroxylation sites is 1. The van der Waals surface area contributed by atoms with Crippen molar-refractivity contribution in [2.75, 3.05) is 7.05 Å². The number of benzene rings is 1. The number of nitrogens with zero attached hydrogens (tertiary/aromatic N) is 1. The Kier molecular flexibility index (Phi) is 3.63.